The summed E-state index contributed by atoms with van der Waals surface area (Å²) in [5, 5.41) is 0. The van der Waals surface area contributed by atoms with Gasteiger partial charge < -0.3 is 0 Å². The van der Waals surface area contributed by atoms with Gasteiger partial charge >= 0.3 is 113 Å². The average Bonchev–Trinajstić information content (AvgIpc) is 2.19. The summed E-state index contributed by atoms with van der Waals surface area (Å²) in [7, 11) is 6.79. The molecule has 0 unspecified atom stereocenters. The van der Waals surface area contributed by atoms with Crippen molar-refractivity contribution in [3.05, 3.63) is 0 Å². The number of unbranched alkanes of at least 4 members (excludes halogenated alkanes) is 2. The molecule has 0 spiro atoms. The molecular formula is C13H30ClPSn. The van der Waals surface area contributed by atoms with Gasteiger partial charge in [0.05, 0.1) is 0 Å². The van der Waals surface area contributed by atoms with Gasteiger partial charge in [-0.05, 0) is 0 Å². The molecule has 16 heavy (non-hydrogen) atoms. The van der Waals surface area contributed by atoms with Gasteiger partial charge in [0, 0.05) is 0 Å². The molecular weight excluding hydrogens is 341 g/mol. The molecule has 0 aliphatic heterocycles. The summed E-state index contributed by atoms with van der Waals surface area (Å²) in [5.74, 6) is 0. The van der Waals surface area contributed by atoms with E-state index in [1.165, 1.54) is 55.0 Å². The Morgan fingerprint density at radius 2 is 1.31 bits per heavy atom. The van der Waals surface area contributed by atoms with E-state index in [0.717, 1.165) is 0 Å². The Morgan fingerprint density at radius 3 is 1.69 bits per heavy atom. The molecule has 0 aromatic heterocycles. The predicted molar refractivity (Wildman–Crippen MR) is 84.1 cm³/mol. The molecule has 0 amide bonds. The maximum absolute atomic E-state index is 6.44. The van der Waals surface area contributed by atoms with Crippen molar-refractivity contribution in [3.8, 4) is 0 Å². The van der Waals surface area contributed by atoms with Gasteiger partial charge in [-0.25, -0.2) is 0 Å². The van der Waals surface area contributed by atoms with Crippen molar-refractivity contribution in [2.75, 3.05) is 18.5 Å². The van der Waals surface area contributed by atoms with E-state index in [1.807, 2.05) is 0 Å². The van der Waals surface area contributed by atoms with Crippen LogP contribution in [0.4, 0.5) is 0 Å². The van der Waals surface area contributed by atoms with Crippen LogP contribution in [0.15, 0.2) is 0 Å². The molecule has 0 saturated carbocycles. The minimum absolute atomic E-state index is 0.349. The Balaban J connectivity index is 3.72. The number of halogens is 1. The third kappa shape index (κ3) is 12.0. The molecule has 3 heteroatoms. The van der Waals surface area contributed by atoms with Crippen LogP contribution in [0.25, 0.3) is 0 Å². The van der Waals surface area contributed by atoms with Crippen LogP contribution in [0, 0.1) is 0 Å². The summed E-state index contributed by atoms with van der Waals surface area (Å²) < 4.78 is 1.38. The maximum atomic E-state index is 6.44. The topological polar surface area (TPSA) is 0 Å². The van der Waals surface area contributed by atoms with Gasteiger partial charge in [0.25, 0.3) is 0 Å². The van der Waals surface area contributed by atoms with E-state index in [2.05, 4.69) is 23.7 Å². The molecule has 0 aromatic carbocycles. The van der Waals surface area contributed by atoms with Crippen molar-refractivity contribution in [1.82, 2.24) is 0 Å². The first-order chi connectivity index (χ1) is 7.49. The third-order valence-electron chi connectivity index (χ3n) is 2.90. The predicted octanol–water partition coefficient (Wildman–Crippen LogP) is 5.90. The Hall–Kier alpha value is 1.52. The van der Waals surface area contributed by atoms with Gasteiger partial charge in [0.1, 0.15) is 0 Å². The van der Waals surface area contributed by atoms with E-state index in [9.17, 15) is 0 Å². The minimum atomic E-state index is -1.98. The molecule has 0 nitrogen and oxygen atoms in total. The molecule has 0 heterocycles. The van der Waals surface area contributed by atoms with Crippen LogP contribution in [0.1, 0.15) is 46.0 Å². The Morgan fingerprint density at radius 1 is 0.875 bits per heavy atom. The SMILES string of the molecule is CCCCP(CCCC)CC[CH2][Sn]([CH3])([CH3])[Cl]. The van der Waals surface area contributed by atoms with E-state index in [4.69, 9.17) is 8.92 Å². The Kier molecular flexibility index (Phi) is 11.4. The molecule has 0 saturated heterocycles. The zero-order chi connectivity index (χ0) is 12.4. The quantitative estimate of drug-likeness (QED) is 0.331. The van der Waals surface area contributed by atoms with Gasteiger partial charge in [0.15, 0.2) is 0 Å². The second-order valence-electron chi connectivity index (χ2n) is 5.37. The first-order valence-electron chi connectivity index (χ1n) is 6.91. The van der Waals surface area contributed by atoms with Crippen LogP contribution in [0.5, 0.6) is 0 Å². The van der Waals surface area contributed by atoms with Crippen molar-refractivity contribution in [1.29, 1.82) is 0 Å². The molecule has 0 aliphatic rings. The summed E-state index contributed by atoms with van der Waals surface area (Å²) in [6.07, 6.45) is 11.6. The van der Waals surface area contributed by atoms with Gasteiger partial charge in [-0.3, -0.25) is 0 Å². The molecule has 0 aromatic rings. The summed E-state index contributed by atoms with van der Waals surface area (Å²) in [4.78, 5) is 4.69. The average molecular weight is 372 g/mol. The monoisotopic (exact) mass is 372 g/mol. The van der Waals surface area contributed by atoms with Gasteiger partial charge in [-0.2, -0.15) is 0 Å². The second kappa shape index (κ2) is 10.4. The van der Waals surface area contributed by atoms with Crippen molar-refractivity contribution < 1.29 is 0 Å². The van der Waals surface area contributed by atoms with E-state index in [-0.39, 0.29) is 0 Å². The van der Waals surface area contributed by atoms with Crippen molar-refractivity contribution >= 4 is 34.1 Å². The molecule has 0 N–H and O–H groups in total. The molecule has 98 valence electrons. The fraction of sp³-hybridized carbons (Fsp3) is 1.00. The fourth-order valence-electron chi connectivity index (χ4n) is 1.82. The molecule has 0 aliphatic carbocycles. The zero-order valence-corrected chi connectivity index (χ0v) is 16.2. The normalized spacial score (nSPS) is 12.4. The van der Waals surface area contributed by atoms with Crippen LogP contribution >= 0.6 is 16.8 Å². The van der Waals surface area contributed by atoms with E-state index in [0.29, 0.717) is 7.92 Å². The summed E-state index contributed by atoms with van der Waals surface area (Å²) >= 11 is -1.98. The standard InChI is InChI=1S/C11H24P.2CH3.ClH.Sn/c1-4-7-10-12(9-6-3)11-8-5-2;;;;/h3-11H2,1-2H3;2*1H3;1H;/q;;;;+1/p-1. The van der Waals surface area contributed by atoms with Crippen LogP contribution < -0.4 is 0 Å². The summed E-state index contributed by atoms with van der Waals surface area (Å²) in [6.45, 7) is 4.62. The van der Waals surface area contributed by atoms with Gasteiger partial charge in [-0.15, -0.1) is 0 Å². The Labute approximate surface area is 112 Å². The van der Waals surface area contributed by atoms with Crippen LogP contribution in [0.2, 0.25) is 14.3 Å². The molecule has 0 rings (SSSR count). The second-order valence-corrected chi connectivity index (χ2v) is 26.2. The Bertz CT molecular complexity index is 149. The van der Waals surface area contributed by atoms with Gasteiger partial charge in [0.2, 0.25) is 0 Å². The first kappa shape index (κ1) is 17.5. The summed E-state index contributed by atoms with van der Waals surface area (Å²) in [5.41, 5.74) is 0. The van der Waals surface area contributed by atoms with Crippen molar-refractivity contribution in [2.24, 2.45) is 0 Å². The number of rotatable bonds is 10. The number of hydrogen-bond donors (Lipinski definition) is 0. The van der Waals surface area contributed by atoms with Crippen molar-refractivity contribution in [3.63, 3.8) is 0 Å². The fourth-order valence-corrected chi connectivity index (χ4v) is 9.27. The van der Waals surface area contributed by atoms with Crippen LogP contribution in [-0.2, 0) is 0 Å². The van der Waals surface area contributed by atoms with Gasteiger partial charge in [-0.1, -0.05) is 0 Å². The zero-order valence-electron chi connectivity index (χ0n) is 11.7. The molecule has 0 atom stereocenters. The van der Waals surface area contributed by atoms with E-state index < -0.39 is 17.3 Å². The van der Waals surface area contributed by atoms with Crippen LogP contribution in [-0.4, -0.2) is 35.7 Å². The molecule has 0 bridgehead atoms. The number of hydrogen-bond acceptors (Lipinski definition) is 0. The van der Waals surface area contributed by atoms with Crippen molar-refractivity contribution in [2.45, 2.75) is 60.3 Å². The molecule has 0 fully saturated rings. The van der Waals surface area contributed by atoms with E-state index >= 15 is 0 Å². The first-order valence-corrected chi connectivity index (χ1v) is 20.1. The molecule has 0 radical (unpaired) electrons. The summed E-state index contributed by atoms with van der Waals surface area (Å²) in [6, 6.07) is 0. The van der Waals surface area contributed by atoms with Crippen LogP contribution in [0.3, 0.4) is 0 Å². The third-order valence-corrected chi connectivity index (χ3v) is 11.4. The van der Waals surface area contributed by atoms with E-state index in [1.54, 1.807) is 0 Å².